The van der Waals surface area contributed by atoms with E-state index in [0.29, 0.717) is 27.8 Å². The summed E-state index contributed by atoms with van der Waals surface area (Å²) in [5.41, 5.74) is 1.43. The minimum Gasteiger partial charge on any atom is -0.493 e. The maximum Gasteiger partial charge on any atom is 0.206 e. The Bertz CT molecular complexity index is 561. The van der Waals surface area contributed by atoms with Crippen molar-refractivity contribution in [2.24, 2.45) is 0 Å². The number of carbonyl (C=O) groups excluding carboxylic acids is 1. The van der Waals surface area contributed by atoms with Crippen LogP contribution in [0, 0.1) is 6.92 Å². The van der Waals surface area contributed by atoms with E-state index in [4.69, 9.17) is 16.3 Å². The molecule has 2 rings (SSSR count). The Morgan fingerprint density at radius 3 is 2.83 bits per heavy atom. The van der Waals surface area contributed by atoms with Crippen LogP contribution < -0.4 is 4.74 Å². The van der Waals surface area contributed by atoms with E-state index in [1.54, 1.807) is 12.1 Å². The fraction of sp³-hybridized carbons (Fsp3) is 0.214. The summed E-state index contributed by atoms with van der Waals surface area (Å²) in [6, 6.07) is 7.15. The molecule has 1 heterocycles. The number of hydrogen-bond acceptors (Lipinski definition) is 3. The molecule has 0 unspecified atom stereocenters. The minimum atomic E-state index is -0.0460. The Morgan fingerprint density at radius 2 is 2.22 bits per heavy atom. The lowest BCUT2D eigenvalue weighted by Gasteiger charge is -2.11. The van der Waals surface area contributed by atoms with E-state index in [-0.39, 0.29) is 5.78 Å². The summed E-state index contributed by atoms with van der Waals surface area (Å²) in [5.74, 6) is 0.549. The Hall–Kier alpha value is -1.32. The molecule has 4 heteroatoms. The van der Waals surface area contributed by atoms with Crippen LogP contribution in [0.2, 0.25) is 5.02 Å². The smallest absolute Gasteiger partial charge is 0.206 e. The maximum atomic E-state index is 12.3. The number of hydrogen-bond donors (Lipinski definition) is 0. The second kappa shape index (κ2) is 5.55. The summed E-state index contributed by atoms with van der Waals surface area (Å²) < 4.78 is 5.52. The molecule has 0 amide bonds. The van der Waals surface area contributed by atoms with Gasteiger partial charge in [0.15, 0.2) is 0 Å². The van der Waals surface area contributed by atoms with Gasteiger partial charge in [-0.25, -0.2) is 0 Å². The lowest BCUT2D eigenvalue weighted by atomic mass is 10.1. The van der Waals surface area contributed by atoms with E-state index in [0.717, 1.165) is 5.56 Å². The summed E-state index contributed by atoms with van der Waals surface area (Å²) in [6.07, 6.45) is 0. The molecule has 94 valence electrons. The van der Waals surface area contributed by atoms with Gasteiger partial charge in [0.2, 0.25) is 5.78 Å². The first kappa shape index (κ1) is 13.1. The van der Waals surface area contributed by atoms with Gasteiger partial charge in [0, 0.05) is 5.02 Å². The predicted octanol–water partition coefficient (Wildman–Crippen LogP) is 4.34. The lowest BCUT2D eigenvalue weighted by molar-refractivity contribution is 0.103. The molecule has 1 aromatic heterocycles. The monoisotopic (exact) mass is 280 g/mol. The lowest BCUT2D eigenvalue weighted by Crippen LogP contribution is -2.04. The minimum absolute atomic E-state index is 0.0460. The third kappa shape index (κ3) is 2.57. The molecule has 0 atom stereocenters. The van der Waals surface area contributed by atoms with E-state index < -0.39 is 0 Å². The third-order valence-corrected chi connectivity index (χ3v) is 3.83. The summed E-state index contributed by atoms with van der Waals surface area (Å²) in [4.78, 5) is 13.0. The predicted molar refractivity (Wildman–Crippen MR) is 75.1 cm³/mol. The highest BCUT2D eigenvalue weighted by atomic mass is 35.5. The molecule has 0 radical (unpaired) electrons. The molecule has 0 saturated carbocycles. The van der Waals surface area contributed by atoms with Crippen LogP contribution in [0.3, 0.4) is 0 Å². The largest absolute Gasteiger partial charge is 0.493 e. The SMILES string of the molecule is CCOc1cc(C)c(Cl)cc1C(=O)c1cccs1. The van der Waals surface area contributed by atoms with E-state index in [1.807, 2.05) is 31.4 Å². The van der Waals surface area contributed by atoms with Crippen molar-refractivity contribution in [2.75, 3.05) is 6.61 Å². The Morgan fingerprint density at radius 1 is 1.44 bits per heavy atom. The second-order valence-corrected chi connectivity index (χ2v) is 5.19. The summed E-state index contributed by atoms with van der Waals surface area (Å²) in [6.45, 7) is 4.30. The van der Waals surface area contributed by atoms with Crippen LogP contribution in [-0.4, -0.2) is 12.4 Å². The number of ether oxygens (including phenoxy) is 1. The number of benzene rings is 1. The van der Waals surface area contributed by atoms with E-state index in [9.17, 15) is 4.79 Å². The fourth-order valence-electron chi connectivity index (χ4n) is 1.65. The van der Waals surface area contributed by atoms with Gasteiger partial charge in [0.05, 0.1) is 17.0 Å². The fourth-order valence-corrected chi connectivity index (χ4v) is 2.49. The van der Waals surface area contributed by atoms with Crippen molar-refractivity contribution in [3.05, 3.63) is 50.7 Å². The topological polar surface area (TPSA) is 26.3 Å². The molecular weight excluding hydrogens is 268 g/mol. The van der Waals surface area contributed by atoms with Crippen molar-refractivity contribution in [2.45, 2.75) is 13.8 Å². The molecule has 0 aliphatic heterocycles. The molecule has 0 aliphatic rings. The van der Waals surface area contributed by atoms with Crippen LogP contribution in [0.25, 0.3) is 0 Å². The van der Waals surface area contributed by atoms with Crippen LogP contribution in [0.5, 0.6) is 5.75 Å². The average molecular weight is 281 g/mol. The van der Waals surface area contributed by atoms with Crippen molar-refractivity contribution in [3.8, 4) is 5.75 Å². The number of rotatable bonds is 4. The van der Waals surface area contributed by atoms with Crippen LogP contribution in [0.4, 0.5) is 0 Å². The van der Waals surface area contributed by atoms with Crippen molar-refractivity contribution in [3.63, 3.8) is 0 Å². The zero-order valence-corrected chi connectivity index (χ0v) is 11.8. The molecule has 1 aromatic carbocycles. The number of carbonyl (C=O) groups is 1. The van der Waals surface area contributed by atoms with Gasteiger partial charge in [0.1, 0.15) is 5.75 Å². The zero-order chi connectivity index (χ0) is 13.1. The van der Waals surface area contributed by atoms with Gasteiger partial charge >= 0.3 is 0 Å². The first-order chi connectivity index (χ1) is 8.63. The van der Waals surface area contributed by atoms with Crippen LogP contribution in [-0.2, 0) is 0 Å². The Labute approximate surface area is 115 Å². The highest BCUT2D eigenvalue weighted by Crippen LogP contribution is 2.29. The number of aryl methyl sites for hydroxylation is 1. The van der Waals surface area contributed by atoms with E-state index in [2.05, 4.69) is 0 Å². The Balaban J connectivity index is 2.48. The molecule has 0 N–H and O–H groups in total. The van der Waals surface area contributed by atoms with Crippen molar-refractivity contribution in [1.29, 1.82) is 0 Å². The van der Waals surface area contributed by atoms with Gasteiger partial charge in [-0.1, -0.05) is 17.7 Å². The summed E-state index contributed by atoms with van der Waals surface area (Å²) in [7, 11) is 0. The molecule has 0 fully saturated rings. The first-order valence-electron chi connectivity index (χ1n) is 5.64. The molecule has 0 bridgehead atoms. The normalized spacial score (nSPS) is 10.4. The molecule has 18 heavy (non-hydrogen) atoms. The molecule has 2 nitrogen and oxygen atoms in total. The van der Waals surface area contributed by atoms with Crippen LogP contribution in [0.1, 0.15) is 27.7 Å². The molecule has 0 aliphatic carbocycles. The maximum absolute atomic E-state index is 12.3. The van der Waals surface area contributed by atoms with Gasteiger partial charge in [-0.3, -0.25) is 4.79 Å². The first-order valence-corrected chi connectivity index (χ1v) is 6.90. The van der Waals surface area contributed by atoms with E-state index >= 15 is 0 Å². The van der Waals surface area contributed by atoms with Gasteiger partial charge < -0.3 is 4.74 Å². The number of ketones is 1. The Kier molecular flexibility index (Phi) is 4.04. The molecule has 0 spiro atoms. The highest BCUT2D eigenvalue weighted by Gasteiger charge is 2.17. The number of halogens is 1. The van der Waals surface area contributed by atoms with E-state index in [1.165, 1.54) is 11.3 Å². The van der Waals surface area contributed by atoms with Crippen molar-refractivity contribution < 1.29 is 9.53 Å². The van der Waals surface area contributed by atoms with Crippen molar-refractivity contribution in [1.82, 2.24) is 0 Å². The highest BCUT2D eigenvalue weighted by molar-refractivity contribution is 7.12. The van der Waals surface area contributed by atoms with Gasteiger partial charge in [0.25, 0.3) is 0 Å². The molecule has 2 aromatic rings. The third-order valence-electron chi connectivity index (χ3n) is 2.55. The van der Waals surface area contributed by atoms with Gasteiger partial charge in [-0.2, -0.15) is 0 Å². The van der Waals surface area contributed by atoms with Crippen LogP contribution in [0.15, 0.2) is 29.6 Å². The summed E-state index contributed by atoms with van der Waals surface area (Å²) >= 11 is 7.50. The zero-order valence-electron chi connectivity index (χ0n) is 10.2. The van der Waals surface area contributed by atoms with Crippen molar-refractivity contribution >= 4 is 28.7 Å². The van der Waals surface area contributed by atoms with Crippen LogP contribution >= 0.6 is 22.9 Å². The second-order valence-electron chi connectivity index (χ2n) is 3.84. The van der Waals surface area contributed by atoms with Gasteiger partial charge in [-0.05, 0) is 43.0 Å². The standard InChI is InChI=1S/C14H13ClO2S/c1-3-17-12-7-9(2)11(15)8-10(12)14(16)13-5-4-6-18-13/h4-8H,3H2,1-2H3. The number of thiophene rings is 1. The molecular formula is C14H13ClO2S. The quantitative estimate of drug-likeness (QED) is 0.779. The summed E-state index contributed by atoms with van der Waals surface area (Å²) in [5, 5.41) is 2.46. The average Bonchev–Trinajstić information content (AvgIpc) is 2.86. The van der Waals surface area contributed by atoms with Gasteiger partial charge in [-0.15, -0.1) is 11.3 Å². The molecule has 0 saturated heterocycles.